The summed E-state index contributed by atoms with van der Waals surface area (Å²) in [7, 11) is 0. The Balaban J connectivity index is 2.66. The van der Waals surface area contributed by atoms with Crippen LogP contribution in [0.5, 0.6) is 5.75 Å². The molecule has 0 aliphatic heterocycles. The molecule has 1 aromatic rings. The minimum Gasteiger partial charge on any atom is -0.508 e. The largest absolute Gasteiger partial charge is 0.508 e. The van der Waals surface area contributed by atoms with Crippen LogP contribution in [0.3, 0.4) is 0 Å². The Bertz CT molecular complexity index is 418. The molecule has 1 amide bonds. The molecule has 0 atom stereocenters. The molecule has 0 spiro atoms. The van der Waals surface area contributed by atoms with Gasteiger partial charge in [-0.05, 0) is 44.5 Å². The van der Waals surface area contributed by atoms with Gasteiger partial charge < -0.3 is 10.4 Å². The molecule has 3 heteroatoms. The number of carbonyl (C=O) groups is 1. The molecule has 0 aromatic heterocycles. The Morgan fingerprint density at radius 1 is 1.44 bits per heavy atom. The number of amides is 1. The van der Waals surface area contributed by atoms with Gasteiger partial charge in [0.2, 0.25) is 0 Å². The van der Waals surface area contributed by atoms with Gasteiger partial charge >= 0.3 is 0 Å². The van der Waals surface area contributed by atoms with Crippen molar-refractivity contribution in [3.8, 4) is 5.75 Å². The first-order valence-corrected chi connectivity index (χ1v) is 5.22. The summed E-state index contributed by atoms with van der Waals surface area (Å²) >= 11 is 0. The van der Waals surface area contributed by atoms with E-state index >= 15 is 0 Å². The van der Waals surface area contributed by atoms with Crippen molar-refractivity contribution in [2.75, 3.05) is 6.54 Å². The van der Waals surface area contributed by atoms with Gasteiger partial charge in [-0.15, -0.1) is 0 Å². The first-order valence-electron chi connectivity index (χ1n) is 5.22. The molecule has 0 saturated heterocycles. The number of hydrogen-bond acceptors (Lipinski definition) is 2. The topological polar surface area (TPSA) is 49.3 Å². The second kappa shape index (κ2) is 5.35. The molecule has 1 rings (SSSR count). The zero-order valence-electron chi connectivity index (χ0n) is 9.87. The van der Waals surface area contributed by atoms with E-state index in [1.165, 1.54) is 11.6 Å². The Kier molecular flexibility index (Phi) is 4.11. The monoisotopic (exact) mass is 219 g/mol. The highest BCUT2D eigenvalue weighted by molar-refractivity contribution is 5.94. The van der Waals surface area contributed by atoms with Crippen molar-refractivity contribution in [2.24, 2.45) is 0 Å². The zero-order chi connectivity index (χ0) is 12.1. The minimum absolute atomic E-state index is 0.124. The van der Waals surface area contributed by atoms with Gasteiger partial charge in [0.1, 0.15) is 5.75 Å². The number of nitrogens with one attached hydrogen (secondary N) is 1. The van der Waals surface area contributed by atoms with Gasteiger partial charge in [-0.25, -0.2) is 0 Å². The molecule has 0 heterocycles. The number of aromatic hydroxyl groups is 1. The number of aryl methyl sites for hydroxylation is 1. The smallest absolute Gasteiger partial charge is 0.251 e. The maximum Gasteiger partial charge on any atom is 0.251 e. The van der Waals surface area contributed by atoms with Gasteiger partial charge in [-0.3, -0.25) is 4.79 Å². The van der Waals surface area contributed by atoms with Crippen LogP contribution < -0.4 is 5.32 Å². The molecule has 0 aliphatic carbocycles. The predicted molar refractivity (Wildman–Crippen MR) is 64.6 cm³/mol. The fourth-order valence-corrected chi connectivity index (χ4v) is 1.25. The van der Waals surface area contributed by atoms with Crippen LogP contribution in [0.2, 0.25) is 0 Å². The van der Waals surface area contributed by atoms with Crippen molar-refractivity contribution < 1.29 is 9.90 Å². The summed E-state index contributed by atoms with van der Waals surface area (Å²) in [4.78, 5) is 11.7. The summed E-state index contributed by atoms with van der Waals surface area (Å²) in [6.07, 6.45) is 1.95. The normalized spacial score (nSPS) is 9.69. The number of allylic oxidation sites excluding steroid dienone is 1. The second-order valence-electron chi connectivity index (χ2n) is 3.99. The van der Waals surface area contributed by atoms with Gasteiger partial charge in [0, 0.05) is 12.1 Å². The Morgan fingerprint density at radius 3 is 2.69 bits per heavy atom. The first-order chi connectivity index (χ1) is 7.50. The Labute approximate surface area is 95.8 Å². The van der Waals surface area contributed by atoms with E-state index in [-0.39, 0.29) is 11.7 Å². The van der Waals surface area contributed by atoms with Crippen LogP contribution >= 0.6 is 0 Å². The molecular weight excluding hydrogens is 202 g/mol. The lowest BCUT2D eigenvalue weighted by molar-refractivity contribution is 0.0958. The highest BCUT2D eigenvalue weighted by Gasteiger charge is 2.05. The van der Waals surface area contributed by atoms with Gasteiger partial charge in [-0.2, -0.15) is 0 Å². The van der Waals surface area contributed by atoms with Gasteiger partial charge in [0.25, 0.3) is 5.91 Å². The van der Waals surface area contributed by atoms with E-state index in [1.807, 2.05) is 19.9 Å². The third-order valence-electron chi connectivity index (χ3n) is 2.23. The Morgan fingerprint density at radius 2 is 2.12 bits per heavy atom. The van der Waals surface area contributed by atoms with Crippen LogP contribution in [-0.4, -0.2) is 17.6 Å². The molecule has 0 aliphatic rings. The van der Waals surface area contributed by atoms with Crippen LogP contribution in [0.15, 0.2) is 29.8 Å². The zero-order valence-corrected chi connectivity index (χ0v) is 9.87. The molecular formula is C13H17NO2. The van der Waals surface area contributed by atoms with Crippen molar-refractivity contribution >= 4 is 5.91 Å². The number of rotatable bonds is 3. The fraction of sp³-hybridized carbons (Fsp3) is 0.308. The molecule has 0 radical (unpaired) electrons. The van der Waals surface area contributed by atoms with Gasteiger partial charge in [-0.1, -0.05) is 11.6 Å². The van der Waals surface area contributed by atoms with E-state index in [0.29, 0.717) is 17.7 Å². The van der Waals surface area contributed by atoms with Crippen molar-refractivity contribution in [2.45, 2.75) is 20.8 Å². The lowest BCUT2D eigenvalue weighted by Gasteiger charge is -2.05. The van der Waals surface area contributed by atoms with Crippen LogP contribution in [0.1, 0.15) is 29.8 Å². The maximum atomic E-state index is 11.7. The van der Waals surface area contributed by atoms with E-state index in [9.17, 15) is 9.90 Å². The van der Waals surface area contributed by atoms with E-state index < -0.39 is 0 Å². The minimum atomic E-state index is -0.124. The average Bonchev–Trinajstić information content (AvgIpc) is 2.21. The van der Waals surface area contributed by atoms with Crippen LogP contribution in [0.25, 0.3) is 0 Å². The van der Waals surface area contributed by atoms with Gasteiger partial charge in [0.05, 0.1) is 0 Å². The number of benzene rings is 1. The van der Waals surface area contributed by atoms with Crippen molar-refractivity contribution in [3.63, 3.8) is 0 Å². The molecule has 0 saturated carbocycles. The SMILES string of the molecule is CC(C)=CCNC(=O)c1ccc(O)c(C)c1. The van der Waals surface area contributed by atoms with E-state index in [0.717, 1.165) is 0 Å². The molecule has 0 bridgehead atoms. The molecule has 86 valence electrons. The maximum absolute atomic E-state index is 11.7. The third kappa shape index (κ3) is 3.42. The number of phenolic OH excluding ortho intramolecular Hbond substituents is 1. The highest BCUT2D eigenvalue weighted by atomic mass is 16.3. The van der Waals surface area contributed by atoms with Crippen molar-refractivity contribution in [3.05, 3.63) is 41.0 Å². The highest BCUT2D eigenvalue weighted by Crippen LogP contribution is 2.16. The van der Waals surface area contributed by atoms with Gasteiger partial charge in [0.15, 0.2) is 0 Å². The summed E-state index contributed by atoms with van der Waals surface area (Å²) in [6.45, 7) is 6.26. The van der Waals surface area contributed by atoms with E-state index in [2.05, 4.69) is 5.32 Å². The van der Waals surface area contributed by atoms with E-state index in [4.69, 9.17) is 0 Å². The second-order valence-corrected chi connectivity index (χ2v) is 3.99. The fourth-order valence-electron chi connectivity index (χ4n) is 1.25. The third-order valence-corrected chi connectivity index (χ3v) is 2.23. The standard InChI is InChI=1S/C13H17NO2/c1-9(2)6-7-14-13(16)11-4-5-12(15)10(3)8-11/h4-6,8,15H,7H2,1-3H3,(H,14,16). The summed E-state index contributed by atoms with van der Waals surface area (Å²) < 4.78 is 0. The summed E-state index contributed by atoms with van der Waals surface area (Å²) in [5.41, 5.74) is 2.44. The molecule has 0 fully saturated rings. The average molecular weight is 219 g/mol. The summed E-state index contributed by atoms with van der Waals surface area (Å²) in [5, 5.41) is 12.1. The lowest BCUT2D eigenvalue weighted by Crippen LogP contribution is -2.23. The number of carbonyl (C=O) groups excluding carboxylic acids is 1. The molecule has 0 unspecified atom stereocenters. The number of phenols is 1. The molecule has 2 N–H and O–H groups in total. The predicted octanol–water partition coefficient (Wildman–Crippen LogP) is 2.40. The van der Waals surface area contributed by atoms with E-state index in [1.54, 1.807) is 19.1 Å². The molecule has 1 aromatic carbocycles. The lowest BCUT2D eigenvalue weighted by atomic mass is 10.1. The van der Waals surface area contributed by atoms with Crippen molar-refractivity contribution in [1.29, 1.82) is 0 Å². The quantitative estimate of drug-likeness (QED) is 0.767. The van der Waals surface area contributed by atoms with Crippen LogP contribution in [0.4, 0.5) is 0 Å². The first kappa shape index (κ1) is 12.3. The van der Waals surface area contributed by atoms with Crippen LogP contribution in [-0.2, 0) is 0 Å². The summed E-state index contributed by atoms with van der Waals surface area (Å²) in [5.74, 6) is 0.0847. The molecule has 16 heavy (non-hydrogen) atoms. The molecule has 3 nitrogen and oxygen atoms in total. The Hall–Kier alpha value is -1.77. The van der Waals surface area contributed by atoms with Crippen molar-refractivity contribution in [1.82, 2.24) is 5.32 Å². The van der Waals surface area contributed by atoms with Crippen LogP contribution in [0, 0.1) is 6.92 Å². The number of hydrogen-bond donors (Lipinski definition) is 2. The summed E-state index contributed by atoms with van der Waals surface area (Å²) in [6, 6.07) is 4.82.